The number of hydrogen-bond donors (Lipinski definition) is 1. The molecule has 1 atom stereocenters. The van der Waals surface area contributed by atoms with E-state index in [9.17, 15) is 13.2 Å². The second kappa shape index (κ2) is 9.00. The number of rotatable bonds is 3. The first-order valence-corrected chi connectivity index (χ1v) is 9.88. The molecular formula is C17H18F3IO3S. The second-order valence-corrected chi connectivity index (χ2v) is 7.88. The normalized spacial score (nSPS) is 12.9. The average molecular weight is 486 g/mol. The topological polar surface area (TPSA) is 54.4 Å². The maximum absolute atomic E-state index is 10.7. The minimum Gasteiger partial charge on any atom is -0.279 e. The van der Waals surface area contributed by atoms with Crippen LogP contribution in [-0.2, 0) is 10.1 Å². The van der Waals surface area contributed by atoms with E-state index in [0.717, 1.165) is 0 Å². The fraction of sp³-hybridized carbons (Fsp3) is 0.294. The van der Waals surface area contributed by atoms with Crippen molar-refractivity contribution in [2.75, 3.05) is 0 Å². The third kappa shape index (κ3) is 6.27. The third-order valence-electron chi connectivity index (χ3n) is 3.54. The van der Waals surface area contributed by atoms with Crippen molar-refractivity contribution >= 4 is 32.7 Å². The molecule has 2 aromatic carbocycles. The Hall–Kier alpha value is -1.13. The van der Waals surface area contributed by atoms with Crippen LogP contribution in [0.5, 0.6) is 0 Å². The van der Waals surface area contributed by atoms with E-state index in [-0.39, 0.29) is 0 Å². The van der Waals surface area contributed by atoms with E-state index in [0.29, 0.717) is 5.92 Å². The van der Waals surface area contributed by atoms with Gasteiger partial charge in [-0.1, -0.05) is 56.3 Å². The maximum Gasteiger partial charge on any atom is 0.522 e. The van der Waals surface area contributed by atoms with E-state index >= 15 is 0 Å². The van der Waals surface area contributed by atoms with E-state index in [2.05, 4.69) is 85.0 Å². The zero-order valence-corrected chi connectivity index (χ0v) is 16.6. The molecule has 0 radical (unpaired) electrons. The molecular weight excluding hydrogens is 468 g/mol. The number of hydrogen-bond acceptors (Lipinski definition) is 2. The lowest BCUT2D eigenvalue weighted by Crippen LogP contribution is -2.21. The molecule has 0 heterocycles. The van der Waals surface area contributed by atoms with Crippen molar-refractivity contribution in [3.8, 4) is 11.1 Å². The maximum atomic E-state index is 10.7. The van der Waals surface area contributed by atoms with Gasteiger partial charge in [0.05, 0.1) is 0 Å². The summed E-state index contributed by atoms with van der Waals surface area (Å²) in [4.78, 5) is 0. The molecule has 0 aliphatic rings. The van der Waals surface area contributed by atoms with E-state index in [1.165, 1.54) is 26.7 Å². The monoisotopic (exact) mass is 486 g/mol. The lowest BCUT2D eigenvalue weighted by molar-refractivity contribution is -0.0510. The largest absolute Gasteiger partial charge is 0.522 e. The number of halogens is 4. The van der Waals surface area contributed by atoms with Crippen molar-refractivity contribution in [3.05, 3.63) is 57.7 Å². The smallest absolute Gasteiger partial charge is 0.279 e. The summed E-state index contributed by atoms with van der Waals surface area (Å²) in [5.74, 6) is 0.611. The van der Waals surface area contributed by atoms with Gasteiger partial charge in [-0.25, -0.2) is 0 Å². The molecule has 0 amide bonds. The fourth-order valence-corrected chi connectivity index (χ4v) is 2.91. The summed E-state index contributed by atoms with van der Waals surface area (Å²) in [7, 11) is -5.84. The van der Waals surface area contributed by atoms with Gasteiger partial charge in [0, 0.05) is 3.57 Å². The van der Waals surface area contributed by atoms with Crippen LogP contribution >= 0.6 is 22.6 Å². The highest BCUT2D eigenvalue weighted by atomic mass is 127. The van der Waals surface area contributed by atoms with E-state index in [4.69, 9.17) is 13.0 Å². The molecule has 0 fully saturated rings. The Morgan fingerprint density at radius 2 is 1.60 bits per heavy atom. The Labute approximate surface area is 159 Å². The SMILES string of the molecule is CCC(C)c1cccc(I)c1-c1ccccc1.O=S(=O)(O)C(F)(F)F. The summed E-state index contributed by atoms with van der Waals surface area (Å²) in [6.07, 6.45) is 1.18. The molecule has 1 N–H and O–H groups in total. The van der Waals surface area contributed by atoms with Gasteiger partial charge in [-0.2, -0.15) is 21.6 Å². The van der Waals surface area contributed by atoms with Crippen LogP contribution in [-0.4, -0.2) is 18.5 Å². The molecule has 0 bridgehead atoms. The summed E-state index contributed by atoms with van der Waals surface area (Å²) in [6, 6.07) is 17.3. The van der Waals surface area contributed by atoms with Gasteiger partial charge in [-0.15, -0.1) is 0 Å². The van der Waals surface area contributed by atoms with Gasteiger partial charge >= 0.3 is 15.6 Å². The first-order valence-electron chi connectivity index (χ1n) is 7.36. The van der Waals surface area contributed by atoms with Crippen molar-refractivity contribution in [1.29, 1.82) is 0 Å². The molecule has 0 aliphatic heterocycles. The fourth-order valence-electron chi connectivity index (χ4n) is 2.08. The Kier molecular flexibility index (Phi) is 7.88. The highest BCUT2D eigenvalue weighted by Gasteiger charge is 2.44. The third-order valence-corrected chi connectivity index (χ3v) is 5.03. The Morgan fingerprint density at radius 3 is 2.04 bits per heavy atom. The lowest BCUT2D eigenvalue weighted by Gasteiger charge is -2.16. The average Bonchev–Trinajstić information content (AvgIpc) is 2.53. The Balaban J connectivity index is 0.000000333. The van der Waals surface area contributed by atoms with E-state index in [1.807, 2.05) is 0 Å². The first kappa shape index (κ1) is 21.9. The van der Waals surface area contributed by atoms with Crippen LogP contribution in [0.25, 0.3) is 11.1 Å². The summed E-state index contributed by atoms with van der Waals surface area (Å²) >= 11 is 2.44. The van der Waals surface area contributed by atoms with Gasteiger partial charge in [0.15, 0.2) is 0 Å². The van der Waals surface area contributed by atoms with Gasteiger partial charge in [-0.3, -0.25) is 4.55 Å². The number of benzene rings is 2. The van der Waals surface area contributed by atoms with Crippen LogP contribution in [0.15, 0.2) is 48.5 Å². The molecule has 2 aromatic rings. The molecule has 0 aromatic heterocycles. The predicted molar refractivity (Wildman–Crippen MR) is 101 cm³/mol. The highest BCUT2D eigenvalue weighted by Crippen LogP contribution is 2.34. The van der Waals surface area contributed by atoms with Crippen LogP contribution in [0.2, 0.25) is 0 Å². The zero-order valence-electron chi connectivity index (χ0n) is 13.6. The van der Waals surface area contributed by atoms with Crippen molar-refractivity contribution < 1.29 is 26.1 Å². The van der Waals surface area contributed by atoms with Crippen molar-refractivity contribution in [2.24, 2.45) is 0 Å². The van der Waals surface area contributed by atoms with Crippen molar-refractivity contribution in [3.63, 3.8) is 0 Å². The van der Waals surface area contributed by atoms with Gasteiger partial charge in [0.1, 0.15) is 0 Å². The summed E-state index contributed by atoms with van der Waals surface area (Å²) in [5, 5.41) is 0. The first-order chi connectivity index (χ1) is 11.5. The molecule has 138 valence electrons. The molecule has 8 heteroatoms. The zero-order chi connectivity index (χ0) is 19.3. The van der Waals surface area contributed by atoms with E-state index < -0.39 is 15.6 Å². The molecule has 3 nitrogen and oxygen atoms in total. The molecule has 0 spiro atoms. The number of alkyl halides is 3. The Morgan fingerprint density at radius 1 is 1.08 bits per heavy atom. The molecule has 1 unspecified atom stereocenters. The summed E-state index contributed by atoms with van der Waals surface area (Å²) in [5.41, 5.74) is -1.34. The second-order valence-electron chi connectivity index (χ2n) is 5.30. The van der Waals surface area contributed by atoms with Crippen molar-refractivity contribution in [1.82, 2.24) is 0 Å². The van der Waals surface area contributed by atoms with Gasteiger partial charge in [-0.05, 0) is 57.7 Å². The molecule has 0 aliphatic carbocycles. The minimum atomic E-state index is -5.84. The van der Waals surface area contributed by atoms with Gasteiger partial charge < -0.3 is 0 Å². The summed E-state index contributed by atoms with van der Waals surface area (Å²) < 4.78 is 58.9. The van der Waals surface area contributed by atoms with Gasteiger partial charge in [0.25, 0.3) is 0 Å². The molecule has 2 rings (SSSR count). The quantitative estimate of drug-likeness (QED) is 0.336. The standard InChI is InChI=1S/C16H17I.CHF3O3S/c1-3-12(2)14-10-7-11-15(17)16(14)13-8-5-4-6-9-13;2-1(3,4)8(5,6)7/h4-12H,3H2,1-2H3;(H,5,6,7). The van der Waals surface area contributed by atoms with Crippen LogP contribution in [0, 0.1) is 3.57 Å². The van der Waals surface area contributed by atoms with Crippen LogP contribution in [0.3, 0.4) is 0 Å². The van der Waals surface area contributed by atoms with E-state index in [1.54, 1.807) is 0 Å². The minimum absolute atomic E-state index is 0.611. The molecule has 0 saturated heterocycles. The van der Waals surface area contributed by atoms with Crippen molar-refractivity contribution in [2.45, 2.75) is 31.7 Å². The van der Waals surface area contributed by atoms with Crippen LogP contribution < -0.4 is 0 Å². The lowest BCUT2D eigenvalue weighted by atomic mass is 9.90. The Bertz CT molecular complexity index is 791. The summed E-state index contributed by atoms with van der Waals surface area (Å²) in [6.45, 7) is 4.55. The van der Waals surface area contributed by atoms with Gasteiger partial charge in [0.2, 0.25) is 0 Å². The van der Waals surface area contributed by atoms with Crippen LogP contribution in [0.1, 0.15) is 31.7 Å². The molecule has 25 heavy (non-hydrogen) atoms. The predicted octanol–water partition coefficient (Wildman–Crippen LogP) is 5.87. The van der Waals surface area contributed by atoms with Crippen LogP contribution in [0.4, 0.5) is 13.2 Å². The highest BCUT2D eigenvalue weighted by molar-refractivity contribution is 14.1. The molecule has 0 saturated carbocycles.